The number of nitrogens with zero attached hydrogens (tertiary/aromatic N) is 2. The number of rotatable bonds is 2. The number of benzene rings is 1. The maximum Gasteiger partial charge on any atom is 0.191 e. The normalized spacial score (nSPS) is 20.7. The third-order valence-electron chi connectivity index (χ3n) is 5.13. The van der Waals surface area contributed by atoms with Crippen LogP contribution in [0, 0.1) is 5.41 Å². The molecule has 0 saturated heterocycles. The number of hydrogen-bond donors (Lipinski definition) is 3. The molecule has 1 aliphatic heterocycles. The lowest BCUT2D eigenvalue weighted by Crippen LogP contribution is -2.34. The molecule has 0 fully saturated rings. The molecule has 27 heavy (non-hydrogen) atoms. The van der Waals surface area contributed by atoms with Crippen LogP contribution in [0.2, 0.25) is 0 Å². The maximum absolute atomic E-state index is 13.1. The monoisotopic (exact) mass is 382 g/mol. The van der Waals surface area contributed by atoms with Crippen LogP contribution >= 0.6 is 11.8 Å². The highest BCUT2D eigenvalue weighted by Gasteiger charge is 2.42. The van der Waals surface area contributed by atoms with Gasteiger partial charge in [-0.15, -0.1) is 0 Å². The van der Waals surface area contributed by atoms with Gasteiger partial charge in [-0.3, -0.25) is 4.79 Å². The summed E-state index contributed by atoms with van der Waals surface area (Å²) >= 11 is 1.43. The highest BCUT2D eigenvalue weighted by molar-refractivity contribution is 7.98. The van der Waals surface area contributed by atoms with Crippen LogP contribution in [0.3, 0.4) is 0 Å². The van der Waals surface area contributed by atoms with Crippen molar-refractivity contribution >= 4 is 29.2 Å². The Labute approximate surface area is 162 Å². The Bertz CT molecular complexity index is 967. The van der Waals surface area contributed by atoms with E-state index in [2.05, 4.69) is 29.1 Å². The molecule has 2 heterocycles. The number of Topliss-reactive ketones (excluding diaryl/α,β-unsaturated/α-hetero) is 1. The largest absolute Gasteiger partial charge is 0.508 e. The van der Waals surface area contributed by atoms with Crippen LogP contribution in [-0.2, 0) is 4.79 Å². The molecule has 4 N–H and O–H groups in total. The van der Waals surface area contributed by atoms with E-state index in [4.69, 9.17) is 5.73 Å². The Hall–Kier alpha value is -2.54. The van der Waals surface area contributed by atoms with Crippen LogP contribution in [0.5, 0.6) is 5.75 Å². The number of aromatic nitrogens is 2. The van der Waals surface area contributed by atoms with E-state index in [1.807, 2.05) is 18.4 Å². The summed E-state index contributed by atoms with van der Waals surface area (Å²) in [6.07, 6.45) is 3.15. The van der Waals surface area contributed by atoms with Crippen molar-refractivity contribution in [1.29, 1.82) is 0 Å². The zero-order valence-corrected chi connectivity index (χ0v) is 16.4. The van der Waals surface area contributed by atoms with Crippen LogP contribution in [0.25, 0.3) is 0 Å². The van der Waals surface area contributed by atoms with Crippen LogP contribution in [-0.4, -0.2) is 27.1 Å². The SMILES string of the molecule is CSc1nc(N)c2c(n1)NC1=C(C(=O)CC(C)(C)C1)[C@@H]2c1ccc(O)cc1. The summed E-state index contributed by atoms with van der Waals surface area (Å²) in [6, 6.07) is 6.91. The van der Waals surface area contributed by atoms with Gasteiger partial charge < -0.3 is 16.2 Å². The van der Waals surface area contributed by atoms with Gasteiger partial charge in [-0.05, 0) is 35.8 Å². The van der Waals surface area contributed by atoms with Crippen LogP contribution in [0.4, 0.5) is 11.6 Å². The average Bonchev–Trinajstić information content (AvgIpc) is 2.59. The maximum atomic E-state index is 13.1. The second-order valence-electron chi connectivity index (χ2n) is 7.84. The number of nitrogens with one attached hydrogen (secondary N) is 1. The van der Waals surface area contributed by atoms with Crippen molar-refractivity contribution in [3.05, 3.63) is 46.7 Å². The molecule has 140 valence electrons. The van der Waals surface area contributed by atoms with E-state index < -0.39 is 0 Å². The van der Waals surface area contributed by atoms with Crippen molar-refractivity contribution in [2.24, 2.45) is 5.41 Å². The van der Waals surface area contributed by atoms with Gasteiger partial charge in [0.05, 0.1) is 0 Å². The molecule has 0 amide bonds. The Morgan fingerprint density at radius 2 is 1.93 bits per heavy atom. The molecule has 6 nitrogen and oxygen atoms in total. The fourth-order valence-electron chi connectivity index (χ4n) is 4.01. The van der Waals surface area contributed by atoms with Crippen molar-refractivity contribution < 1.29 is 9.90 Å². The first-order chi connectivity index (χ1) is 12.8. The number of nitrogen functional groups attached to an aromatic ring is 1. The summed E-state index contributed by atoms with van der Waals surface area (Å²) in [4.78, 5) is 22.1. The molecule has 1 aromatic heterocycles. The van der Waals surface area contributed by atoms with E-state index in [0.717, 1.165) is 28.8 Å². The van der Waals surface area contributed by atoms with Crippen molar-refractivity contribution in [3.63, 3.8) is 0 Å². The van der Waals surface area contributed by atoms with Gasteiger partial charge >= 0.3 is 0 Å². The first-order valence-corrected chi connectivity index (χ1v) is 10.0. The zero-order chi connectivity index (χ0) is 19.3. The van der Waals surface area contributed by atoms with Crippen LogP contribution in [0.15, 0.2) is 40.7 Å². The molecule has 4 rings (SSSR count). The van der Waals surface area contributed by atoms with Crippen LogP contribution in [0.1, 0.15) is 43.7 Å². The number of phenols is 1. The summed E-state index contributed by atoms with van der Waals surface area (Å²) in [6.45, 7) is 4.20. The van der Waals surface area contributed by atoms with Gasteiger partial charge in [-0.2, -0.15) is 0 Å². The minimum Gasteiger partial charge on any atom is -0.508 e. The van der Waals surface area contributed by atoms with E-state index in [1.165, 1.54) is 11.8 Å². The number of carbonyl (C=O) groups is 1. The molecule has 0 saturated carbocycles. The Morgan fingerprint density at radius 1 is 1.22 bits per heavy atom. The minimum atomic E-state index is -0.337. The number of nitrogens with two attached hydrogens (primary N) is 1. The second kappa shape index (κ2) is 6.27. The number of fused-ring (bicyclic) bond motifs is 1. The molecule has 1 atom stereocenters. The van der Waals surface area contributed by atoms with E-state index in [9.17, 15) is 9.90 Å². The molecule has 2 aromatic rings. The van der Waals surface area contributed by atoms with Gasteiger partial charge in [-0.25, -0.2) is 9.97 Å². The van der Waals surface area contributed by atoms with Crippen molar-refractivity contribution in [1.82, 2.24) is 9.97 Å². The predicted molar refractivity (Wildman–Crippen MR) is 107 cm³/mol. The topological polar surface area (TPSA) is 101 Å². The van der Waals surface area contributed by atoms with Gasteiger partial charge in [-0.1, -0.05) is 37.7 Å². The number of anilines is 2. The first kappa shape index (κ1) is 17.9. The summed E-state index contributed by atoms with van der Waals surface area (Å²) < 4.78 is 0. The molecule has 0 radical (unpaired) electrons. The summed E-state index contributed by atoms with van der Waals surface area (Å²) in [7, 11) is 0. The Balaban J connectivity index is 1.96. The van der Waals surface area contributed by atoms with Gasteiger partial charge in [0, 0.05) is 29.2 Å². The smallest absolute Gasteiger partial charge is 0.191 e. The average molecular weight is 382 g/mol. The third-order valence-corrected chi connectivity index (χ3v) is 5.68. The number of phenolic OH excluding ortho intramolecular Hbond substituents is 1. The highest BCUT2D eigenvalue weighted by Crippen LogP contribution is 2.50. The third kappa shape index (κ3) is 3.06. The van der Waals surface area contributed by atoms with Gasteiger partial charge in [0.15, 0.2) is 10.9 Å². The molecule has 2 aliphatic rings. The van der Waals surface area contributed by atoms with E-state index >= 15 is 0 Å². The Kier molecular flexibility index (Phi) is 4.14. The van der Waals surface area contributed by atoms with Crippen molar-refractivity contribution in [2.75, 3.05) is 17.3 Å². The lowest BCUT2D eigenvalue weighted by molar-refractivity contribution is -0.118. The lowest BCUT2D eigenvalue weighted by Gasteiger charge is -2.39. The van der Waals surface area contributed by atoms with Crippen molar-refractivity contribution in [3.8, 4) is 5.75 Å². The highest BCUT2D eigenvalue weighted by atomic mass is 32.2. The Morgan fingerprint density at radius 3 is 2.59 bits per heavy atom. The number of aromatic hydroxyl groups is 1. The number of hydrogen-bond acceptors (Lipinski definition) is 7. The molecule has 0 spiro atoms. The van der Waals surface area contributed by atoms with Gasteiger partial charge in [0.1, 0.15) is 17.4 Å². The number of thioether (sulfide) groups is 1. The van der Waals surface area contributed by atoms with Gasteiger partial charge in [0.2, 0.25) is 0 Å². The van der Waals surface area contributed by atoms with E-state index in [0.29, 0.717) is 23.2 Å². The quantitative estimate of drug-likeness (QED) is 0.538. The second-order valence-corrected chi connectivity index (χ2v) is 8.61. The first-order valence-electron chi connectivity index (χ1n) is 8.82. The minimum absolute atomic E-state index is 0.110. The standard InChI is InChI=1S/C20H22N4O2S/c1-20(2)8-12-15(13(26)9-20)14(10-4-6-11(25)7-5-10)16-17(21)23-19(27-3)24-18(16)22-12/h4-7,14,25H,8-9H2,1-3H3,(H3,21,22,23,24)/t14-/m0/s1. The number of ketones is 1. The van der Waals surface area contributed by atoms with Crippen molar-refractivity contribution in [2.45, 2.75) is 37.8 Å². The molecule has 1 aliphatic carbocycles. The zero-order valence-electron chi connectivity index (χ0n) is 15.5. The fraction of sp³-hybridized carbons (Fsp3) is 0.350. The van der Waals surface area contributed by atoms with E-state index in [1.54, 1.807) is 12.1 Å². The molecule has 0 unspecified atom stereocenters. The summed E-state index contributed by atoms with van der Waals surface area (Å²) in [5.74, 6) is 0.996. The number of allylic oxidation sites excluding steroid dienone is 2. The van der Waals surface area contributed by atoms with E-state index in [-0.39, 0.29) is 22.9 Å². The van der Waals surface area contributed by atoms with Crippen LogP contribution < -0.4 is 11.1 Å². The van der Waals surface area contributed by atoms with Gasteiger partial charge in [0.25, 0.3) is 0 Å². The fourth-order valence-corrected chi connectivity index (χ4v) is 4.38. The molecule has 7 heteroatoms. The molecule has 1 aromatic carbocycles. The molecular weight excluding hydrogens is 360 g/mol. The number of carbonyl (C=O) groups excluding carboxylic acids is 1. The molecule has 0 bridgehead atoms. The molecular formula is C20H22N4O2S. The summed E-state index contributed by atoms with van der Waals surface area (Å²) in [5.41, 5.74) is 9.46. The lowest BCUT2D eigenvalue weighted by atomic mass is 9.69. The predicted octanol–water partition coefficient (Wildman–Crippen LogP) is 3.69. The summed E-state index contributed by atoms with van der Waals surface area (Å²) in [5, 5.41) is 13.7.